The Hall–Kier alpha value is -5.74. The van der Waals surface area contributed by atoms with Crippen molar-refractivity contribution in [3.63, 3.8) is 0 Å². The minimum Gasteiger partial charge on any atom is -0.308 e. The zero-order valence-corrected chi connectivity index (χ0v) is 22.5. The summed E-state index contributed by atoms with van der Waals surface area (Å²) < 4.78 is 4.84. The van der Waals surface area contributed by atoms with Gasteiger partial charge < -0.3 is 8.97 Å². The first-order chi connectivity index (χ1) is 20.9. The van der Waals surface area contributed by atoms with Crippen molar-refractivity contribution in [2.24, 2.45) is 0 Å². The van der Waals surface area contributed by atoms with Crippen molar-refractivity contribution >= 4 is 60.2 Å². The largest absolute Gasteiger partial charge is 0.308 e. The van der Waals surface area contributed by atoms with Crippen LogP contribution in [0.2, 0.25) is 0 Å². The van der Waals surface area contributed by atoms with Crippen LogP contribution < -0.4 is 0 Å². The molecule has 0 spiro atoms. The molecule has 0 amide bonds. The lowest BCUT2D eigenvalue weighted by molar-refractivity contribution is 1.17. The molecule has 10 rings (SSSR count). The van der Waals surface area contributed by atoms with E-state index in [1.807, 2.05) is 12.1 Å². The second kappa shape index (κ2) is 7.93. The van der Waals surface area contributed by atoms with Crippen LogP contribution in [0.15, 0.2) is 133 Å². The van der Waals surface area contributed by atoms with Gasteiger partial charge >= 0.3 is 0 Å². The zero-order chi connectivity index (χ0) is 27.4. The van der Waals surface area contributed by atoms with E-state index in [0.29, 0.717) is 0 Å². The average Bonchev–Trinajstić information content (AvgIpc) is 3.70. The van der Waals surface area contributed by atoms with Gasteiger partial charge in [0.2, 0.25) is 0 Å². The van der Waals surface area contributed by atoms with Gasteiger partial charge in [-0.3, -0.25) is 0 Å². The van der Waals surface area contributed by atoms with Crippen LogP contribution in [0.1, 0.15) is 0 Å². The Kier molecular flexibility index (Phi) is 4.15. The topological polar surface area (TPSA) is 35.1 Å². The predicted octanol–water partition coefficient (Wildman–Crippen LogP) is 9.50. The van der Waals surface area contributed by atoms with E-state index in [4.69, 9.17) is 9.97 Å². The molecule has 0 saturated carbocycles. The molecule has 42 heavy (non-hydrogen) atoms. The third kappa shape index (κ3) is 2.71. The van der Waals surface area contributed by atoms with Crippen molar-refractivity contribution in [1.29, 1.82) is 0 Å². The van der Waals surface area contributed by atoms with Crippen LogP contribution in [0.4, 0.5) is 0 Å². The normalized spacial score (nSPS) is 12.3. The Bertz CT molecular complexity index is 2610. The first kappa shape index (κ1) is 22.0. The molecule has 194 valence electrons. The van der Waals surface area contributed by atoms with Crippen molar-refractivity contribution < 1.29 is 0 Å². The molecule has 10 aromatic rings. The maximum atomic E-state index is 5.41. The second-order valence-corrected chi connectivity index (χ2v) is 11.0. The van der Waals surface area contributed by atoms with Crippen molar-refractivity contribution in [2.45, 2.75) is 0 Å². The lowest BCUT2D eigenvalue weighted by Gasteiger charge is -2.15. The van der Waals surface area contributed by atoms with Gasteiger partial charge in [-0.2, -0.15) is 0 Å². The first-order valence-electron chi connectivity index (χ1n) is 14.3. The summed E-state index contributed by atoms with van der Waals surface area (Å²) in [6, 6.07) is 47.1. The van der Waals surface area contributed by atoms with E-state index in [9.17, 15) is 0 Å². The van der Waals surface area contributed by atoms with Crippen LogP contribution in [0.25, 0.3) is 88.4 Å². The third-order valence-electron chi connectivity index (χ3n) is 8.82. The molecule has 0 aliphatic heterocycles. The molecular formula is C38H22N4. The van der Waals surface area contributed by atoms with Gasteiger partial charge in [-0.05, 0) is 36.4 Å². The molecule has 4 heterocycles. The van der Waals surface area contributed by atoms with Crippen LogP contribution in [0.3, 0.4) is 0 Å². The molecule has 0 atom stereocenters. The Labute approximate surface area is 240 Å². The first-order valence-corrected chi connectivity index (χ1v) is 14.3. The van der Waals surface area contributed by atoms with Crippen molar-refractivity contribution in [3.8, 4) is 28.2 Å². The van der Waals surface area contributed by atoms with Gasteiger partial charge in [0.15, 0.2) is 0 Å². The minimum atomic E-state index is 0.879. The van der Waals surface area contributed by atoms with E-state index < -0.39 is 0 Å². The molecule has 0 fully saturated rings. The molecule has 6 aromatic carbocycles. The molecule has 0 saturated heterocycles. The number of para-hydroxylation sites is 2. The average molecular weight is 535 g/mol. The molecule has 4 heteroatoms. The molecule has 0 radical (unpaired) electrons. The van der Waals surface area contributed by atoms with Crippen molar-refractivity contribution in [1.82, 2.24) is 18.9 Å². The number of rotatable bonds is 3. The lowest BCUT2D eigenvalue weighted by atomic mass is 10.0. The highest BCUT2D eigenvalue weighted by Crippen LogP contribution is 2.46. The number of nitrogens with zero attached hydrogens (tertiary/aromatic N) is 4. The second-order valence-electron chi connectivity index (χ2n) is 11.0. The van der Waals surface area contributed by atoms with Crippen LogP contribution in [0.5, 0.6) is 0 Å². The molecule has 0 bridgehead atoms. The summed E-state index contributed by atoms with van der Waals surface area (Å²) in [6.07, 6.45) is 0. The van der Waals surface area contributed by atoms with Gasteiger partial charge in [0.25, 0.3) is 0 Å². The quantitative estimate of drug-likeness (QED) is 0.226. The van der Waals surface area contributed by atoms with E-state index >= 15 is 0 Å². The summed E-state index contributed by atoms with van der Waals surface area (Å²) in [5.74, 6) is 0. The fourth-order valence-electron chi connectivity index (χ4n) is 7.11. The highest BCUT2D eigenvalue weighted by Gasteiger charge is 2.26. The SMILES string of the molecule is c1ccc(-c2nc3cccc(-n4c5cccc6c5c5c4ccc4c7ccccc7n6c45)c3nc2-c2ccccc2)cc1. The van der Waals surface area contributed by atoms with E-state index in [2.05, 4.69) is 130 Å². The molecule has 0 aliphatic rings. The monoisotopic (exact) mass is 534 g/mol. The summed E-state index contributed by atoms with van der Waals surface area (Å²) in [7, 11) is 0. The Morgan fingerprint density at radius 1 is 0.429 bits per heavy atom. The number of fused-ring (bicyclic) bond motifs is 5. The molecule has 0 N–H and O–H groups in total. The summed E-state index contributed by atoms with van der Waals surface area (Å²) in [4.78, 5) is 10.7. The maximum absolute atomic E-state index is 5.41. The van der Waals surface area contributed by atoms with E-state index in [-0.39, 0.29) is 0 Å². The van der Waals surface area contributed by atoms with E-state index in [0.717, 1.165) is 39.2 Å². The maximum Gasteiger partial charge on any atom is 0.113 e. The molecule has 4 nitrogen and oxygen atoms in total. The Balaban J connectivity index is 1.34. The van der Waals surface area contributed by atoms with Gasteiger partial charge in [0.05, 0.1) is 50.2 Å². The predicted molar refractivity (Wildman–Crippen MR) is 173 cm³/mol. The van der Waals surface area contributed by atoms with Crippen molar-refractivity contribution in [2.75, 3.05) is 0 Å². The summed E-state index contributed by atoms with van der Waals surface area (Å²) in [6.45, 7) is 0. The van der Waals surface area contributed by atoms with Crippen LogP contribution >= 0.6 is 0 Å². The summed E-state index contributed by atoms with van der Waals surface area (Å²) >= 11 is 0. The number of hydrogen-bond donors (Lipinski definition) is 0. The van der Waals surface area contributed by atoms with Gasteiger partial charge in [0, 0.05) is 32.7 Å². The smallest absolute Gasteiger partial charge is 0.113 e. The third-order valence-corrected chi connectivity index (χ3v) is 8.82. The van der Waals surface area contributed by atoms with Crippen LogP contribution in [0, 0.1) is 0 Å². The Morgan fingerprint density at radius 2 is 1.07 bits per heavy atom. The zero-order valence-electron chi connectivity index (χ0n) is 22.5. The van der Waals surface area contributed by atoms with Gasteiger partial charge in [0.1, 0.15) is 5.52 Å². The van der Waals surface area contributed by atoms with E-state index in [1.54, 1.807) is 0 Å². The number of aromatic nitrogens is 4. The highest BCUT2D eigenvalue weighted by molar-refractivity contribution is 6.32. The number of benzene rings is 6. The van der Waals surface area contributed by atoms with Crippen molar-refractivity contribution in [3.05, 3.63) is 133 Å². The standard InChI is InChI=1S/C38H22N4/c1-3-11-23(12-4-1)35-36(24-13-5-2-6-14-24)40-37-27(39-35)16-9-20-32(37)41-29-18-10-19-30-33(29)34-31(41)22-21-26-25-15-7-8-17-28(25)42(30)38(26)34/h1-22H. The fraction of sp³-hybridized carbons (Fsp3) is 0. The van der Waals surface area contributed by atoms with Gasteiger partial charge in [-0.1, -0.05) is 97.1 Å². The summed E-state index contributed by atoms with van der Waals surface area (Å²) in [5.41, 5.74) is 12.9. The Morgan fingerprint density at radius 3 is 1.88 bits per heavy atom. The summed E-state index contributed by atoms with van der Waals surface area (Å²) in [5, 5.41) is 5.20. The van der Waals surface area contributed by atoms with Gasteiger partial charge in [-0.25, -0.2) is 9.97 Å². The van der Waals surface area contributed by atoms with E-state index in [1.165, 1.54) is 49.1 Å². The van der Waals surface area contributed by atoms with Crippen LogP contribution in [-0.4, -0.2) is 18.9 Å². The van der Waals surface area contributed by atoms with Gasteiger partial charge in [-0.15, -0.1) is 0 Å². The molecule has 0 aliphatic carbocycles. The highest BCUT2D eigenvalue weighted by atomic mass is 15.0. The molecule has 4 aromatic heterocycles. The molecular weight excluding hydrogens is 512 g/mol. The fourth-order valence-corrected chi connectivity index (χ4v) is 7.11. The lowest BCUT2D eigenvalue weighted by Crippen LogP contribution is -2.01. The van der Waals surface area contributed by atoms with Crippen LogP contribution in [-0.2, 0) is 0 Å². The minimum absolute atomic E-state index is 0.879. The number of hydrogen-bond acceptors (Lipinski definition) is 2. The molecule has 0 unspecified atom stereocenters.